The van der Waals surface area contributed by atoms with Crippen molar-refractivity contribution < 1.29 is 4.74 Å². The van der Waals surface area contributed by atoms with Crippen molar-refractivity contribution >= 4 is 0 Å². The van der Waals surface area contributed by atoms with Gasteiger partial charge in [0.2, 0.25) is 0 Å². The number of aryl methyl sites for hydroxylation is 1. The Morgan fingerprint density at radius 1 is 1.33 bits per heavy atom. The van der Waals surface area contributed by atoms with E-state index in [9.17, 15) is 0 Å². The minimum atomic E-state index is -0.244. The predicted molar refractivity (Wildman–Crippen MR) is 64.2 cm³/mol. The zero-order valence-electron chi connectivity index (χ0n) is 9.92. The quantitative estimate of drug-likeness (QED) is 0.805. The third kappa shape index (κ3) is 3.24. The fraction of sp³-hybridized carbons (Fsp3) is 0.538. The molecule has 84 valence electrons. The summed E-state index contributed by atoms with van der Waals surface area (Å²) in [6.45, 7) is 6.82. The van der Waals surface area contributed by atoms with E-state index in [1.165, 1.54) is 5.56 Å². The molecule has 2 nitrogen and oxygen atoms in total. The Labute approximate surface area is 92.4 Å². The van der Waals surface area contributed by atoms with Gasteiger partial charge in [-0.1, -0.05) is 26.0 Å². The highest BCUT2D eigenvalue weighted by Gasteiger charge is 2.21. The summed E-state index contributed by atoms with van der Waals surface area (Å²) >= 11 is 0. The second kappa shape index (κ2) is 5.17. The van der Waals surface area contributed by atoms with Crippen molar-refractivity contribution in [2.75, 3.05) is 6.54 Å². The largest absolute Gasteiger partial charge is 0.486 e. The zero-order chi connectivity index (χ0) is 11.3. The summed E-state index contributed by atoms with van der Waals surface area (Å²) in [5.74, 6) is 0.921. The lowest BCUT2D eigenvalue weighted by Gasteiger charge is -2.28. The molecule has 0 aliphatic rings. The molecule has 0 fully saturated rings. The van der Waals surface area contributed by atoms with Gasteiger partial charge in [0.15, 0.2) is 0 Å². The molecular formula is C13H21NO. The van der Waals surface area contributed by atoms with Crippen molar-refractivity contribution in [3.63, 3.8) is 0 Å². The molecule has 0 radical (unpaired) electrons. The summed E-state index contributed by atoms with van der Waals surface area (Å²) in [7, 11) is 0. The molecule has 0 amide bonds. The van der Waals surface area contributed by atoms with E-state index >= 15 is 0 Å². The Balaban J connectivity index is 2.79. The van der Waals surface area contributed by atoms with Gasteiger partial charge in [-0.2, -0.15) is 0 Å². The Morgan fingerprint density at radius 2 is 2.07 bits per heavy atom. The van der Waals surface area contributed by atoms with Crippen LogP contribution in [0.4, 0.5) is 0 Å². The highest BCUT2D eigenvalue weighted by atomic mass is 16.5. The van der Waals surface area contributed by atoms with Gasteiger partial charge in [0.25, 0.3) is 0 Å². The lowest BCUT2D eigenvalue weighted by molar-refractivity contribution is 0.0934. The van der Waals surface area contributed by atoms with Crippen LogP contribution in [0.1, 0.15) is 32.8 Å². The van der Waals surface area contributed by atoms with Crippen molar-refractivity contribution in [3.05, 3.63) is 29.8 Å². The topological polar surface area (TPSA) is 35.2 Å². The molecule has 0 aliphatic heterocycles. The van der Waals surface area contributed by atoms with Crippen molar-refractivity contribution in [1.29, 1.82) is 0 Å². The summed E-state index contributed by atoms with van der Waals surface area (Å²) in [5, 5.41) is 0. The van der Waals surface area contributed by atoms with Crippen LogP contribution in [-0.4, -0.2) is 12.1 Å². The molecule has 0 saturated heterocycles. The van der Waals surface area contributed by atoms with E-state index in [0.29, 0.717) is 6.54 Å². The first kappa shape index (κ1) is 12.1. The standard InChI is InChI=1S/C13H21NO/c1-4-11-7-6-8-12(9-11)15-13(3,5-2)10-14/h6-9H,4-5,10,14H2,1-3H3. The van der Waals surface area contributed by atoms with Crippen LogP contribution in [-0.2, 0) is 6.42 Å². The minimum Gasteiger partial charge on any atom is -0.486 e. The molecule has 0 saturated carbocycles. The van der Waals surface area contributed by atoms with Gasteiger partial charge < -0.3 is 10.5 Å². The van der Waals surface area contributed by atoms with Gasteiger partial charge in [-0.25, -0.2) is 0 Å². The molecule has 0 spiro atoms. The number of nitrogens with two attached hydrogens (primary N) is 1. The van der Waals surface area contributed by atoms with E-state index in [4.69, 9.17) is 10.5 Å². The van der Waals surface area contributed by atoms with E-state index in [1.54, 1.807) is 0 Å². The molecule has 1 aromatic carbocycles. The van der Waals surface area contributed by atoms with Gasteiger partial charge in [0.1, 0.15) is 11.4 Å². The van der Waals surface area contributed by atoms with E-state index in [-0.39, 0.29) is 5.60 Å². The van der Waals surface area contributed by atoms with Crippen LogP contribution in [0.25, 0.3) is 0 Å². The lowest BCUT2D eigenvalue weighted by atomic mass is 10.0. The van der Waals surface area contributed by atoms with Crippen LogP contribution in [0.3, 0.4) is 0 Å². The molecule has 1 atom stereocenters. The van der Waals surface area contributed by atoms with Crippen molar-refractivity contribution in [2.45, 2.75) is 39.2 Å². The normalized spacial score (nSPS) is 14.7. The van der Waals surface area contributed by atoms with Crippen molar-refractivity contribution in [2.24, 2.45) is 5.73 Å². The second-order valence-electron chi connectivity index (χ2n) is 4.11. The van der Waals surface area contributed by atoms with Gasteiger partial charge >= 0.3 is 0 Å². The first-order chi connectivity index (χ1) is 7.13. The molecule has 15 heavy (non-hydrogen) atoms. The summed E-state index contributed by atoms with van der Waals surface area (Å²) in [6, 6.07) is 8.21. The third-order valence-corrected chi connectivity index (χ3v) is 2.85. The predicted octanol–water partition coefficient (Wildman–Crippen LogP) is 2.76. The first-order valence-electron chi connectivity index (χ1n) is 5.61. The summed E-state index contributed by atoms with van der Waals surface area (Å²) in [4.78, 5) is 0. The molecule has 1 unspecified atom stereocenters. The third-order valence-electron chi connectivity index (χ3n) is 2.85. The van der Waals surface area contributed by atoms with Gasteiger partial charge in [-0.15, -0.1) is 0 Å². The molecule has 0 bridgehead atoms. The summed E-state index contributed by atoms with van der Waals surface area (Å²) in [5.41, 5.74) is 6.76. The Morgan fingerprint density at radius 3 is 2.60 bits per heavy atom. The molecule has 2 heteroatoms. The molecule has 0 heterocycles. The second-order valence-corrected chi connectivity index (χ2v) is 4.11. The minimum absolute atomic E-state index is 0.244. The van der Waals surface area contributed by atoms with Crippen LogP contribution >= 0.6 is 0 Å². The smallest absolute Gasteiger partial charge is 0.120 e. The van der Waals surface area contributed by atoms with Crippen LogP contribution in [0.5, 0.6) is 5.75 Å². The van der Waals surface area contributed by atoms with Gasteiger partial charge in [0, 0.05) is 6.54 Å². The van der Waals surface area contributed by atoms with E-state index in [0.717, 1.165) is 18.6 Å². The average molecular weight is 207 g/mol. The van der Waals surface area contributed by atoms with Gasteiger partial charge in [-0.05, 0) is 37.5 Å². The van der Waals surface area contributed by atoms with E-state index in [1.807, 2.05) is 19.1 Å². The fourth-order valence-electron chi connectivity index (χ4n) is 1.37. The molecular weight excluding hydrogens is 186 g/mol. The highest BCUT2D eigenvalue weighted by Crippen LogP contribution is 2.21. The zero-order valence-corrected chi connectivity index (χ0v) is 9.92. The van der Waals surface area contributed by atoms with Gasteiger partial charge in [-0.3, -0.25) is 0 Å². The number of benzene rings is 1. The first-order valence-corrected chi connectivity index (χ1v) is 5.61. The Bertz CT molecular complexity index is 305. The molecule has 2 N–H and O–H groups in total. The van der Waals surface area contributed by atoms with E-state index in [2.05, 4.69) is 26.0 Å². The highest BCUT2D eigenvalue weighted by molar-refractivity contribution is 5.29. The van der Waals surface area contributed by atoms with Crippen molar-refractivity contribution in [3.8, 4) is 5.75 Å². The number of rotatable bonds is 5. The SMILES string of the molecule is CCc1cccc(OC(C)(CC)CN)c1. The monoisotopic (exact) mass is 207 g/mol. The average Bonchev–Trinajstić information content (AvgIpc) is 2.29. The number of ether oxygens (including phenoxy) is 1. The molecule has 1 aromatic rings. The lowest BCUT2D eigenvalue weighted by Crippen LogP contribution is -2.39. The van der Waals surface area contributed by atoms with Gasteiger partial charge in [0.05, 0.1) is 0 Å². The molecule has 0 aromatic heterocycles. The van der Waals surface area contributed by atoms with Crippen LogP contribution in [0, 0.1) is 0 Å². The fourth-order valence-corrected chi connectivity index (χ4v) is 1.37. The molecule has 0 aliphatic carbocycles. The maximum atomic E-state index is 5.92. The maximum absolute atomic E-state index is 5.92. The maximum Gasteiger partial charge on any atom is 0.120 e. The van der Waals surface area contributed by atoms with Crippen LogP contribution in [0.15, 0.2) is 24.3 Å². The van der Waals surface area contributed by atoms with Crippen LogP contribution < -0.4 is 10.5 Å². The van der Waals surface area contributed by atoms with Crippen LogP contribution in [0.2, 0.25) is 0 Å². The number of hydrogen-bond acceptors (Lipinski definition) is 2. The van der Waals surface area contributed by atoms with Crippen molar-refractivity contribution in [1.82, 2.24) is 0 Å². The number of hydrogen-bond donors (Lipinski definition) is 1. The summed E-state index contributed by atoms with van der Waals surface area (Å²) < 4.78 is 5.92. The molecule has 1 rings (SSSR count). The van der Waals surface area contributed by atoms with E-state index < -0.39 is 0 Å². The summed E-state index contributed by atoms with van der Waals surface area (Å²) in [6.07, 6.45) is 1.95. The Hall–Kier alpha value is -1.02. The Kier molecular flexibility index (Phi) is 4.15.